The number of halogens is 1. The minimum atomic E-state index is -1.90. The van der Waals surface area contributed by atoms with E-state index >= 15 is 0 Å². The monoisotopic (exact) mass is 479 g/mol. The van der Waals surface area contributed by atoms with Gasteiger partial charge in [-0.05, 0) is 37.3 Å². The van der Waals surface area contributed by atoms with Crippen molar-refractivity contribution < 1.29 is 19.4 Å². The Hall–Kier alpha value is -2.96. The van der Waals surface area contributed by atoms with Gasteiger partial charge in [0.15, 0.2) is 11.4 Å². The summed E-state index contributed by atoms with van der Waals surface area (Å²) in [6, 6.07) is 21.6. The molecular formula is C25H22BrNO4. The van der Waals surface area contributed by atoms with Gasteiger partial charge >= 0.3 is 0 Å². The Bertz CT molecular complexity index is 1110. The first-order valence-electron chi connectivity index (χ1n) is 10.0. The van der Waals surface area contributed by atoms with E-state index in [4.69, 9.17) is 4.74 Å². The summed E-state index contributed by atoms with van der Waals surface area (Å²) in [5, 5.41) is 11.4. The molecule has 1 N–H and O–H groups in total. The summed E-state index contributed by atoms with van der Waals surface area (Å²) in [5.74, 6) is -0.0891. The number of benzene rings is 3. The molecule has 1 amide bonds. The van der Waals surface area contributed by atoms with Gasteiger partial charge in [-0.15, -0.1) is 0 Å². The zero-order chi connectivity index (χ0) is 22.0. The maximum absolute atomic E-state index is 13.3. The second-order valence-corrected chi connectivity index (χ2v) is 8.52. The molecule has 5 nitrogen and oxygen atoms in total. The van der Waals surface area contributed by atoms with Crippen LogP contribution in [0, 0.1) is 6.92 Å². The average Bonchev–Trinajstić information content (AvgIpc) is 2.97. The SMILES string of the molecule is Cc1ccc(OCCN2C(=O)C(O)(CC(=O)c3ccc(Br)cc3)c3ccccc32)cc1. The summed E-state index contributed by atoms with van der Waals surface area (Å²) >= 11 is 3.34. The highest BCUT2D eigenvalue weighted by atomic mass is 79.9. The molecule has 0 spiro atoms. The van der Waals surface area contributed by atoms with Crippen LogP contribution in [0.1, 0.15) is 27.9 Å². The van der Waals surface area contributed by atoms with Crippen LogP contribution in [0.15, 0.2) is 77.3 Å². The lowest BCUT2D eigenvalue weighted by Gasteiger charge is -2.23. The Balaban J connectivity index is 1.52. The molecule has 158 valence electrons. The summed E-state index contributed by atoms with van der Waals surface area (Å²) in [5.41, 5.74) is 0.733. The number of aryl methyl sites for hydroxylation is 1. The highest BCUT2D eigenvalue weighted by Crippen LogP contribution is 2.42. The minimum absolute atomic E-state index is 0.262. The molecule has 1 heterocycles. The van der Waals surface area contributed by atoms with Crippen molar-refractivity contribution in [2.75, 3.05) is 18.1 Å². The zero-order valence-electron chi connectivity index (χ0n) is 17.0. The van der Waals surface area contributed by atoms with Crippen LogP contribution < -0.4 is 9.64 Å². The molecule has 6 heteroatoms. The molecule has 0 saturated carbocycles. The van der Waals surface area contributed by atoms with Gasteiger partial charge < -0.3 is 14.7 Å². The van der Waals surface area contributed by atoms with E-state index in [0.29, 0.717) is 22.6 Å². The first-order valence-corrected chi connectivity index (χ1v) is 10.8. The molecule has 0 radical (unpaired) electrons. The Morgan fingerprint density at radius 3 is 2.42 bits per heavy atom. The molecule has 0 aromatic heterocycles. The molecule has 0 bridgehead atoms. The van der Waals surface area contributed by atoms with Crippen molar-refractivity contribution in [1.29, 1.82) is 0 Å². The Morgan fingerprint density at radius 2 is 1.71 bits per heavy atom. The lowest BCUT2D eigenvalue weighted by atomic mass is 9.88. The van der Waals surface area contributed by atoms with Gasteiger partial charge in [-0.3, -0.25) is 9.59 Å². The van der Waals surface area contributed by atoms with Crippen LogP contribution >= 0.6 is 15.9 Å². The number of carbonyl (C=O) groups excluding carboxylic acids is 2. The number of rotatable bonds is 7. The molecule has 1 atom stereocenters. The highest BCUT2D eigenvalue weighted by Gasteiger charge is 2.50. The van der Waals surface area contributed by atoms with Gasteiger partial charge in [0.1, 0.15) is 12.4 Å². The van der Waals surface area contributed by atoms with Crippen LogP contribution in [-0.4, -0.2) is 29.9 Å². The van der Waals surface area contributed by atoms with Crippen LogP contribution in [0.2, 0.25) is 0 Å². The summed E-state index contributed by atoms with van der Waals surface area (Å²) in [4.78, 5) is 27.6. The predicted molar refractivity (Wildman–Crippen MR) is 122 cm³/mol. The Kier molecular flexibility index (Phi) is 5.94. The molecule has 1 aliphatic heterocycles. The van der Waals surface area contributed by atoms with Gasteiger partial charge in [-0.25, -0.2) is 0 Å². The third kappa shape index (κ3) is 4.27. The third-order valence-electron chi connectivity index (χ3n) is 5.43. The average molecular weight is 480 g/mol. The number of ketones is 1. The number of anilines is 1. The summed E-state index contributed by atoms with van der Waals surface area (Å²) in [7, 11) is 0. The van der Waals surface area contributed by atoms with Crippen molar-refractivity contribution in [2.24, 2.45) is 0 Å². The fraction of sp³-hybridized carbons (Fsp3) is 0.200. The second kappa shape index (κ2) is 8.65. The van der Waals surface area contributed by atoms with Crippen LogP contribution in [0.3, 0.4) is 0 Å². The minimum Gasteiger partial charge on any atom is -0.492 e. The van der Waals surface area contributed by atoms with E-state index in [-0.39, 0.29) is 25.4 Å². The molecule has 4 rings (SSSR count). The van der Waals surface area contributed by atoms with Gasteiger partial charge in [0.2, 0.25) is 0 Å². The predicted octanol–water partition coefficient (Wildman–Crippen LogP) is 4.64. The Morgan fingerprint density at radius 1 is 1.03 bits per heavy atom. The van der Waals surface area contributed by atoms with Gasteiger partial charge in [0.25, 0.3) is 5.91 Å². The summed E-state index contributed by atoms with van der Waals surface area (Å²) in [6.07, 6.45) is -0.320. The van der Waals surface area contributed by atoms with Crippen molar-refractivity contribution in [1.82, 2.24) is 0 Å². The molecule has 0 saturated heterocycles. The molecule has 1 aliphatic rings. The number of nitrogens with zero attached hydrogens (tertiary/aromatic N) is 1. The van der Waals surface area contributed by atoms with E-state index < -0.39 is 11.5 Å². The second-order valence-electron chi connectivity index (χ2n) is 7.60. The molecule has 0 aliphatic carbocycles. The standard InChI is InChI=1S/C25H22BrNO4/c1-17-6-12-20(13-7-17)31-15-14-27-22-5-3-2-4-21(22)25(30,24(27)29)16-23(28)18-8-10-19(26)11-9-18/h2-13,30H,14-16H2,1H3. The molecule has 3 aromatic rings. The van der Waals surface area contributed by atoms with Crippen LogP contribution in [0.5, 0.6) is 5.75 Å². The van der Waals surface area contributed by atoms with Gasteiger partial charge in [-0.2, -0.15) is 0 Å². The van der Waals surface area contributed by atoms with Gasteiger partial charge in [0.05, 0.1) is 18.7 Å². The molecule has 31 heavy (non-hydrogen) atoms. The fourth-order valence-electron chi connectivity index (χ4n) is 3.76. The van der Waals surface area contributed by atoms with E-state index in [1.807, 2.05) is 37.3 Å². The number of hydrogen-bond donors (Lipinski definition) is 1. The van der Waals surface area contributed by atoms with E-state index in [2.05, 4.69) is 15.9 Å². The summed E-state index contributed by atoms with van der Waals surface area (Å²) < 4.78 is 6.62. The van der Waals surface area contributed by atoms with Crippen LogP contribution in [-0.2, 0) is 10.4 Å². The lowest BCUT2D eigenvalue weighted by Crippen LogP contribution is -2.43. The first-order chi connectivity index (χ1) is 14.9. The van der Waals surface area contributed by atoms with Crippen molar-refractivity contribution in [3.05, 3.63) is 94.0 Å². The number of aliphatic hydroxyl groups is 1. The van der Waals surface area contributed by atoms with Gasteiger partial charge in [0, 0.05) is 15.6 Å². The van der Waals surface area contributed by atoms with E-state index in [9.17, 15) is 14.7 Å². The molecule has 3 aromatic carbocycles. The highest BCUT2D eigenvalue weighted by molar-refractivity contribution is 9.10. The number of amides is 1. The number of fused-ring (bicyclic) bond motifs is 1. The maximum Gasteiger partial charge on any atom is 0.264 e. The van der Waals surface area contributed by atoms with Crippen molar-refractivity contribution in [3.8, 4) is 5.75 Å². The number of carbonyl (C=O) groups is 2. The Labute approximate surface area is 189 Å². The number of ether oxygens (including phenoxy) is 1. The van der Waals surface area contributed by atoms with Gasteiger partial charge in [-0.1, -0.05) is 64.0 Å². The molecule has 0 fully saturated rings. The van der Waals surface area contributed by atoms with Crippen molar-refractivity contribution in [2.45, 2.75) is 18.9 Å². The quantitative estimate of drug-likeness (QED) is 0.501. The maximum atomic E-state index is 13.3. The van der Waals surface area contributed by atoms with E-state index in [1.165, 1.54) is 4.90 Å². The van der Waals surface area contributed by atoms with E-state index in [0.717, 1.165) is 10.0 Å². The van der Waals surface area contributed by atoms with Crippen molar-refractivity contribution in [3.63, 3.8) is 0 Å². The first kappa shape index (κ1) is 21.3. The fourth-order valence-corrected chi connectivity index (χ4v) is 4.02. The molecular weight excluding hydrogens is 458 g/mol. The normalized spacial score (nSPS) is 17.5. The largest absolute Gasteiger partial charge is 0.492 e. The third-order valence-corrected chi connectivity index (χ3v) is 5.96. The van der Waals surface area contributed by atoms with Crippen LogP contribution in [0.4, 0.5) is 5.69 Å². The zero-order valence-corrected chi connectivity index (χ0v) is 18.6. The smallest absolute Gasteiger partial charge is 0.264 e. The number of hydrogen-bond acceptors (Lipinski definition) is 4. The number of para-hydroxylation sites is 1. The van der Waals surface area contributed by atoms with Crippen LogP contribution in [0.25, 0.3) is 0 Å². The summed E-state index contributed by atoms with van der Waals surface area (Å²) in [6.45, 7) is 2.53. The topological polar surface area (TPSA) is 66.8 Å². The van der Waals surface area contributed by atoms with Crippen molar-refractivity contribution >= 4 is 33.3 Å². The molecule has 1 unspecified atom stereocenters. The lowest BCUT2D eigenvalue weighted by molar-refractivity contribution is -0.135. The number of Topliss-reactive ketones (excluding diaryl/α,β-unsaturated/α-hetero) is 1. The van der Waals surface area contributed by atoms with E-state index in [1.54, 1.807) is 42.5 Å².